The van der Waals surface area contributed by atoms with Gasteiger partial charge in [-0.25, -0.2) is 4.79 Å². The maximum Gasteiger partial charge on any atom is 0.321 e. The summed E-state index contributed by atoms with van der Waals surface area (Å²) in [6.45, 7) is 4.46. The Labute approximate surface area is 193 Å². The van der Waals surface area contributed by atoms with Gasteiger partial charge in [-0.05, 0) is 43.5 Å². The van der Waals surface area contributed by atoms with Crippen molar-refractivity contribution in [2.75, 3.05) is 18.4 Å². The van der Waals surface area contributed by atoms with Crippen LogP contribution in [-0.4, -0.2) is 47.9 Å². The number of benzene rings is 2. The van der Waals surface area contributed by atoms with Crippen LogP contribution in [0.4, 0.5) is 10.5 Å². The molecule has 1 saturated heterocycles. The summed E-state index contributed by atoms with van der Waals surface area (Å²) in [5, 5.41) is 9.21. The molecule has 1 atom stereocenters. The van der Waals surface area contributed by atoms with Crippen molar-refractivity contribution in [1.82, 2.24) is 15.5 Å². The molecule has 3 N–H and O–H groups in total. The number of nitrogens with zero attached hydrogens (tertiary/aromatic N) is 1. The number of hydrogen-bond donors (Lipinski definition) is 3. The maximum absolute atomic E-state index is 12.9. The van der Waals surface area contributed by atoms with E-state index >= 15 is 0 Å². The summed E-state index contributed by atoms with van der Waals surface area (Å²) in [4.78, 5) is 38.8. The van der Waals surface area contributed by atoms with E-state index in [0.717, 1.165) is 11.1 Å². The van der Waals surface area contributed by atoms with Crippen LogP contribution >= 0.6 is 11.6 Å². The van der Waals surface area contributed by atoms with Crippen LogP contribution < -0.4 is 16.0 Å². The number of amides is 4. The Balaban J connectivity index is 1.52. The molecule has 0 spiro atoms. The van der Waals surface area contributed by atoms with Crippen molar-refractivity contribution >= 4 is 35.1 Å². The van der Waals surface area contributed by atoms with Crippen molar-refractivity contribution in [3.8, 4) is 0 Å². The first kappa shape index (κ1) is 23.6. The summed E-state index contributed by atoms with van der Waals surface area (Å²) in [6, 6.07) is 14.0. The minimum atomic E-state index is -0.640. The van der Waals surface area contributed by atoms with E-state index in [2.05, 4.69) is 16.0 Å². The van der Waals surface area contributed by atoms with Gasteiger partial charge in [0, 0.05) is 43.2 Å². The predicted molar refractivity (Wildman–Crippen MR) is 126 cm³/mol. The maximum atomic E-state index is 12.9. The molecule has 0 saturated carbocycles. The number of urea groups is 1. The van der Waals surface area contributed by atoms with E-state index in [4.69, 9.17) is 11.6 Å². The van der Waals surface area contributed by atoms with Gasteiger partial charge in [-0.15, -0.1) is 0 Å². The second-order valence-electron chi connectivity index (χ2n) is 8.16. The molecule has 0 aliphatic carbocycles. The number of anilines is 1. The van der Waals surface area contributed by atoms with Gasteiger partial charge in [-0.2, -0.15) is 0 Å². The number of rotatable bonds is 6. The van der Waals surface area contributed by atoms with E-state index in [9.17, 15) is 14.4 Å². The van der Waals surface area contributed by atoms with Crippen molar-refractivity contribution < 1.29 is 14.4 Å². The molecule has 0 aromatic heterocycles. The highest BCUT2D eigenvalue weighted by atomic mass is 35.5. The van der Waals surface area contributed by atoms with Crippen LogP contribution in [0.1, 0.15) is 30.9 Å². The second-order valence-corrected chi connectivity index (χ2v) is 8.59. The number of halogens is 1. The Morgan fingerprint density at radius 1 is 1.09 bits per heavy atom. The zero-order valence-electron chi connectivity index (χ0n) is 18.4. The Morgan fingerprint density at radius 2 is 1.81 bits per heavy atom. The van der Waals surface area contributed by atoms with Crippen molar-refractivity contribution in [3.63, 3.8) is 0 Å². The van der Waals surface area contributed by atoms with E-state index in [-0.39, 0.29) is 23.9 Å². The predicted octanol–water partition coefficient (Wildman–Crippen LogP) is 3.51. The lowest BCUT2D eigenvalue weighted by molar-refractivity contribution is -0.128. The fraction of sp³-hybridized carbons (Fsp3) is 0.375. The average molecular weight is 457 g/mol. The second kappa shape index (κ2) is 11.0. The first-order valence-corrected chi connectivity index (χ1v) is 11.1. The quantitative estimate of drug-likeness (QED) is 0.621. The minimum absolute atomic E-state index is 0.0495. The Bertz CT molecular complexity index is 973. The highest BCUT2D eigenvalue weighted by Gasteiger charge is 2.27. The molecular weight excluding hydrogens is 428 g/mol. The van der Waals surface area contributed by atoms with Crippen molar-refractivity contribution in [2.45, 2.75) is 45.2 Å². The van der Waals surface area contributed by atoms with Crippen LogP contribution in [0.25, 0.3) is 0 Å². The first-order chi connectivity index (χ1) is 15.3. The normalized spacial score (nSPS) is 15.0. The molecule has 0 unspecified atom stereocenters. The SMILES string of the molecule is CC(=O)N[C@H](Cc1cccc(C)c1)C(=O)NC1CCN(C(=O)Nc2cccc(Cl)c2)CC1. The Morgan fingerprint density at radius 3 is 2.47 bits per heavy atom. The van der Waals surface area contributed by atoms with Crippen LogP contribution in [0.5, 0.6) is 0 Å². The summed E-state index contributed by atoms with van der Waals surface area (Å²) in [5.74, 6) is -0.450. The molecule has 1 aliphatic heterocycles. The molecule has 1 fully saturated rings. The number of aryl methyl sites for hydroxylation is 1. The average Bonchev–Trinajstić information content (AvgIpc) is 2.73. The van der Waals surface area contributed by atoms with Crippen molar-refractivity contribution in [1.29, 1.82) is 0 Å². The zero-order chi connectivity index (χ0) is 23.1. The van der Waals surface area contributed by atoms with Gasteiger partial charge in [0.05, 0.1) is 0 Å². The lowest BCUT2D eigenvalue weighted by Crippen LogP contribution is -2.53. The third kappa shape index (κ3) is 6.99. The van der Waals surface area contributed by atoms with Gasteiger partial charge in [-0.3, -0.25) is 9.59 Å². The fourth-order valence-electron chi connectivity index (χ4n) is 3.83. The standard InChI is InChI=1S/C24H29ClN4O3/c1-16-5-3-6-18(13-16)14-22(26-17(2)30)23(31)27-20-9-11-29(12-10-20)24(32)28-21-8-4-7-19(25)15-21/h3-8,13,15,20,22H,9-12,14H2,1-2H3,(H,26,30)(H,27,31)(H,28,32)/t22-/m1/s1. The van der Waals surface area contributed by atoms with E-state index in [1.165, 1.54) is 6.92 Å². The van der Waals surface area contributed by atoms with Crippen LogP contribution in [0.15, 0.2) is 48.5 Å². The monoisotopic (exact) mass is 456 g/mol. The number of nitrogens with one attached hydrogen (secondary N) is 3. The summed E-state index contributed by atoms with van der Waals surface area (Å²) in [7, 11) is 0. The number of hydrogen-bond acceptors (Lipinski definition) is 3. The molecular formula is C24H29ClN4O3. The van der Waals surface area contributed by atoms with Gasteiger partial charge in [0.25, 0.3) is 0 Å². The highest BCUT2D eigenvalue weighted by Crippen LogP contribution is 2.17. The van der Waals surface area contributed by atoms with Crippen LogP contribution in [0.2, 0.25) is 5.02 Å². The molecule has 1 heterocycles. The molecule has 4 amide bonds. The van der Waals surface area contributed by atoms with Gasteiger partial charge in [0.15, 0.2) is 0 Å². The van der Waals surface area contributed by atoms with Gasteiger partial charge in [0.1, 0.15) is 6.04 Å². The smallest absolute Gasteiger partial charge is 0.321 e. The summed E-state index contributed by atoms with van der Waals surface area (Å²) >= 11 is 5.97. The molecule has 0 radical (unpaired) electrons. The number of carbonyl (C=O) groups is 3. The van der Waals surface area contributed by atoms with Crippen LogP contribution in [0, 0.1) is 6.92 Å². The molecule has 2 aromatic carbocycles. The molecule has 170 valence electrons. The van der Waals surface area contributed by atoms with Crippen molar-refractivity contribution in [3.05, 3.63) is 64.7 Å². The van der Waals surface area contributed by atoms with Gasteiger partial charge in [0.2, 0.25) is 11.8 Å². The van der Waals surface area contributed by atoms with Crippen molar-refractivity contribution in [2.24, 2.45) is 0 Å². The van der Waals surface area contributed by atoms with E-state index in [1.54, 1.807) is 29.2 Å². The van der Waals surface area contributed by atoms with E-state index in [0.29, 0.717) is 43.1 Å². The molecule has 3 rings (SSSR count). The largest absolute Gasteiger partial charge is 0.351 e. The number of likely N-dealkylation sites (tertiary alicyclic amines) is 1. The first-order valence-electron chi connectivity index (χ1n) is 10.7. The molecule has 32 heavy (non-hydrogen) atoms. The molecule has 8 heteroatoms. The van der Waals surface area contributed by atoms with Crippen LogP contribution in [-0.2, 0) is 16.0 Å². The zero-order valence-corrected chi connectivity index (χ0v) is 19.1. The van der Waals surface area contributed by atoms with Gasteiger partial charge in [-0.1, -0.05) is 47.5 Å². The van der Waals surface area contributed by atoms with Gasteiger partial charge < -0.3 is 20.9 Å². The Hall–Kier alpha value is -3.06. The molecule has 1 aliphatic rings. The van der Waals surface area contributed by atoms with Gasteiger partial charge >= 0.3 is 6.03 Å². The summed E-state index contributed by atoms with van der Waals surface area (Å²) < 4.78 is 0. The van der Waals surface area contributed by atoms with E-state index in [1.807, 2.05) is 31.2 Å². The highest BCUT2D eigenvalue weighted by molar-refractivity contribution is 6.30. The molecule has 0 bridgehead atoms. The third-order valence-corrected chi connectivity index (χ3v) is 5.66. The lowest BCUT2D eigenvalue weighted by atomic mass is 10.0. The third-order valence-electron chi connectivity index (χ3n) is 5.42. The topological polar surface area (TPSA) is 90.5 Å². The molecule has 7 nitrogen and oxygen atoms in total. The number of piperidine rings is 1. The summed E-state index contributed by atoms with van der Waals surface area (Å²) in [5.41, 5.74) is 2.74. The lowest BCUT2D eigenvalue weighted by Gasteiger charge is -2.33. The number of carbonyl (C=O) groups excluding carboxylic acids is 3. The van der Waals surface area contributed by atoms with Crippen LogP contribution in [0.3, 0.4) is 0 Å². The minimum Gasteiger partial charge on any atom is -0.351 e. The fourth-order valence-corrected chi connectivity index (χ4v) is 4.02. The molecule has 2 aromatic rings. The Kier molecular flexibility index (Phi) is 8.11. The summed E-state index contributed by atoms with van der Waals surface area (Å²) in [6.07, 6.45) is 1.71. The van der Waals surface area contributed by atoms with E-state index < -0.39 is 6.04 Å².